The van der Waals surface area contributed by atoms with Crippen molar-refractivity contribution in [3.63, 3.8) is 0 Å². The first kappa shape index (κ1) is 8.68. The largest absolute Gasteiger partial charge is 0.480 e. The van der Waals surface area contributed by atoms with E-state index in [-0.39, 0.29) is 12.5 Å². The van der Waals surface area contributed by atoms with E-state index >= 15 is 0 Å². The first-order chi connectivity index (χ1) is 4.57. The van der Waals surface area contributed by atoms with Crippen molar-refractivity contribution < 1.29 is 14.7 Å². The van der Waals surface area contributed by atoms with Crippen molar-refractivity contribution in [2.45, 2.75) is 6.92 Å². The lowest BCUT2D eigenvalue weighted by Crippen LogP contribution is -2.28. The molecule has 0 unspecified atom stereocenters. The molecule has 0 fully saturated rings. The topological polar surface area (TPSA) is 57.6 Å². The standard InChI is InChI=1S/C6H9NO3/c1-3-7(5(2)8)4-6(9)10/h3H,1,4H2,2H3,(H,9,10). The van der Waals surface area contributed by atoms with Gasteiger partial charge < -0.3 is 10.0 Å². The summed E-state index contributed by atoms with van der Waals surface area (Å²) in [5, 5.41) is 8.22. The zero-order chi connectivity index (χ0) is 8.15. The van der Waals surface area contributed by atoms with Crippen LogP contribution in [0.15, 0.2) is 12.8 Å². The van der Waals surface area contributed by atoms with E-state index in [0.717, 1.165) is 4.90 Å². The van der Waals surface area contributed by atoms with Crippen LogP contribution in [0.2, 0.25) is 0 Å². The van der Waals surface area contributed by atoms with Crippen molar-refractivity contribution in [3.05, 3.63) is 12.8 Å². The summed E-state index contributed by atoms with van der Waals surface area (Å²) in [5.41, 5.74) is 0. The lowest BCUT2D eigenvalue weighted by Gasteiger charge is -2.11. The molecule has 0 aliphatic rings. The second kappa shape index (κ2) is 3.66. The van der Waals surface area contributed by atoms with Crippen LogP contribution in [0.5, 0.6) is 0 Å². The van der Waals surface area contributed by atoms with Crippen LogP contribution in [0.3, 0.4) is 0 Å². The van der Waals surface area contributed by atoms with Crippen molar-refractivity contribution in [2.75, 3.05) is 6.54 Å². The molecule has 0 heterocycles. The zero-order valence-electron chi connectivity index (χ0n) is 5.70. The van der Waals surface area contributed by atoms with Gasteiger partial charge in [-0.2, -0.15) is 0 Å². The number of amides is 1. The minimum absolute atomic E-state index is 0.321. The Morgan fingerprint density at radius 3 is 2.30 bits per heavy atom. The molecular weight excluding hydrogens is 134 g/mol. The van der Waals surface area contributed by atoms with Crippen molar-refractivity contribution in [2.24, 2.45) is 0 Å². The van der Waals surface area contributed by atoms with Gasteiger partial charge in [0.1, 0.15) is 6.54 Å². The van der Waals surface area contributed by atoms with Gasteiger partial charge in [-0.05, 0) is 0 Å². The second-order valence-corrected chi connectivity index (χ2v) is 1.72. The summed E-state index contributed by atoms with van der Waals surface area (Å²) in [4.78, 5) is 21.5. The SMILES string of the molecule is C=CN(CC(=O)O)C(C)=O. The van der Waals surface area contributed by atoms with E-state index in [4.69, 9.17) is 5.11 Å². The highest BCUT2D eigenvalue weighted by Crippen LogP contribution is 1.87. The molecule has 4 heteroatoms. The van der Waals surface area contributed by atoms with Crippen LogP contribution < -0.4 is 0 Å². The van der Waals surface area contributed by atoms with E-state index in [9.17, 15) is 9.59 Å². The van der Waals surface area contributed by atoms with E-state index in [2.05, 4.69) is 6.58 Å². The third-order valence-electron chi connectivity index (χ3n) is 0.930. The molecule has 4 nitrogen and oxygen atoms in total. The fourth-order valence-electron chi connectivity index (χ4n) is 0.450. The predicted octanol–water partition coefficient (Wildman–Crippen LogP) is 0.0630. The van der Waals surface area contributed by atoms with Crippen LogP contribution in [0, 0.1) is 0 Å². The first-order valence-corrected chi connectivity index (χ1v) is 2.69. The molecule has 0 spiro atoms. The van der Waals surface area contributed by atoms with E-state index in [1.54, 1.807) is 0 Å². The Kier molecular flexibility index (Phi) is 3.17. The Hall–Kier alpha value is -1.32. The van der Waals surface area contributed by atoms with Crippen LogP contribution in [-0.2, 0) is 9.59 Å². The minimum Gasteiger partial charge on any atom is -0.480 e. The van der Waals surface area contributed by atoms with Gasteiger partial charge in [0.05, 0.1) is 0 Å². The summed E-state index contributed by atoms with van der Waals surface area (Å²) in [6, 6.07) is 0. The maximum Gasteiger partial charge on any atom is 0.323 e. The smallest absolute Gasteiger partial charge is 0.323 e. The fraction of sp³-hybridized carbons (Fsp3) is 0.333. The lowest BCUT2D eigenvalue weighted by atomic mass is 10.5. The highest BCUT2D eigenvalue weighted by molar-refractivity contribution is 5.80. The van der Waals surface area contributed by atoms with E-state index in [0.29, 0.717) is 0 Å². The molecule has 0 saturated heterocycles. The number of carboxylic acids is 1. The summed E-state index contributed by atoms with van der Waals surface area (Å²) in [5.74, 6) is -1.37. The van der Waals surface area contributed by atoms with Crippen LogP contribution in [0.25, 0.3) is 0 Å². The minimum atomic E-state index is -1.05. The Bertz CT molecular complexity index is 164. The maximum absolute atomic E-state index is 10.5. The summed E-state index contributed by atoms with van der Waals surface area (Å²) < 4.78 is 0. The molecule has 0 aliphatic carbocycles. The average Bonchev–Trinajstić information content (AvgIpc) is 1.81. The van der Waals surface area contributed by atoms with Gasteiger partial charge in [-0.25, -0.2) is 0 Å². The molecule has 0 rings (SSSR count). The number of nitrogens with zero attached hydrogens (tertiary/aromatic N) is 1. The van der Waals surface area contributed by atoms with Crippen molar-refractivity contribution in [1.29, 1.82) is 0 Å². The molecule has 0 radical (unpaired) electrons. The lowest BCUT2D eigenvalue weighted by molar-refractivity contribution is -0.141. The molecule has 0 aromatic carbocycles. The van der Waals surface area contributed by atoms with Crippen molar-refractivity contribution >= 4 is 11.9 Å². The third-order valence-corrected chi connectivity index (χ3v) is 0.930. The Morgan fingerprint density at radius 2 is 2.20 bits per heavy atom. The monoisotopic (exact) mass is 143 g/mol. The third kappa shape index (κ3) is 2.86. The molecule has 10 heavy (non-hydrogen) atoms. The Morgan fingerprint density at radius 1 is 1.70 bits per heavy atom. The predicted molar refractivity (Wildman–Crippen MR) is 35.2 cm³/mol. The van der Waals surface area contributed by atoms with Gasteiger partial charge in [-0.1, -0.05) is 6.58 Å². The van der Waals surface area contributed by atoms with Crippen molar-refractivity contribution in [1.82, 2.24) is 4.90 Å². The van der Waals surface area contributed by atoms with Crippen LogP contribution in [0.4, 0.5) is 0 Å². The van der Waals surface area contributed by atoms with Crippen LogP contribution in [0.1, 0.15) is 6.92 Å². The molecule has 56 valence electrons. The molecule has 0 aromatic rings. The average molecular weight is 143 g/mol. The van der Waals surface area contributed by atoms with E-state index in [1.165, 1.54) is 13.1 Å². The highest BCUT2D eigenvalue weighted by Gasteiger charge is 2.07. The van der Waals surface area contributed by atoms with Crippen LogP contribution >= 0.6 is 0 Å². The molecule has 0 atom stereocenters. The van der Waals surface area contributed by atoms with Crippen molar-refractivity contribution in [3.8, 4) is 0 Å². The number of carbonyl (C=O) groups is 2. The highest BCUT2D eigenvalue weighted by atomic mass is 16.4. The number of carbonyl (C=O) groups excluding carboxylic acids is 1. The van der Waals surface area contributed by atoms with Gasteiger partial charge in [-0.3, -0.25) is 9.59 Å². The molecule has 0 aromatic heterocycles. The summed E-state index contributed by atoms with van der Waals surface area (Å²) in [7, 11) is 0. The van der Waals surface area contributed by atoms with Gasteiger partial charge in [0.25, 0.3) is 0 Å². The Balaban J connectivity index is 3.96. The number of rotatable bonds is 3. The van der Waals surface area contributed by atoms with Gasteiger partial charge in [0, 0.05) is 13.1 Å². The normalized spacial score (nSPS) is 8.50. The van der Waals surface area contributed by atoms with Gasteiger partial charge in [-0.15, -0.1) is 0 Å². The van der Waals surface area contributed by atoms with E-state index < -0.39 is 5.97 Å². The van der Waals surface area contributed by atoms with Crippen LogP contribution in [-0.4, -0.2) is 28.4 Å². The molecule has 0 bridgehead atoms. The van der Waals surface area contributed by atoms with E-state index in [1.807, 2.05) is 0 Å². The molecule has 0 saturated carbocycles. The van der Waals surface area contributed by atoms with Gasteiger partial charge in [0.15, 0.2) is 0 Å². The summed E-state index contributed by atoms with van der Waals surface area (Å²) in [6.07, 6.45) is 1.19. The zero-order valence-corrected chi connectivity index (χ0v) is 5.70. The fourth-order valence-corrected chi connectivity index (χ4v) is 0.450. The quantitative estimate of drug-likeness (QED) is 0.607. The second-order valence-electron chi connectivity index (χ2n) is 1.72. The number of hydrogen-bond acceptors (Lipinski definition) is 2. The number of hydrogen-bond donors (Lipinski definition) is 1. The molecule has 1 N–H and O–H groups in total. The summed E-state index contributed by atoms with van der Waals surface area (Å²) >= 11 is 0. The first-order valence-electron chi connectivity index (χ1n) is 2.69. The van der Waals surface area contributed by atoms with Gasteiger partial charge >= 0.3 is 5.97 Å². The number of carboxylic acid groups (broad SMARTS) is 1. The molecule has 1 amide bonds. The Labute approximate surface area is 58.8 Å². The molecule has 0 aliphatic heterocycles. The summed E-state index contributed by atoms with van der Waals surface area (Å²) in [6.45, 7) is 4.24. The number of aliphatic carboxylic acids is 1. The van der Waals surface area contributed by atoms with Gasteiger partial charge in [0.2, 0.25) is 5.91 Å². The maximum atomic E-state index is 10.5. The molecular formula is C6H9NO3.